The number of esters is 5. The molecule has 2 N–H and O–H groups in total. The lowest BCUT2D eigenvalue weighted by Gasteiger charge is -2.22. The van der Waals surface area contributed by atoms with E-state index in [2.05, 4.69) is 0 Å². The second-order valence-electron chi connectivity index (χ2n) is 12.6. The summed E-state index contributed by atoms with van der Waals surface area (Å²) >= 11 is 0. The van der Waals surface area contributed by atoms with Gasteiger partial charge in [-0.05, 0) is 27.8 Å². The van der Waals surface area contributed by atoms with Crippen LogP contribution in [-0.2, 0) is 56.7 Å². The van der Waals surface area contributed by atoms with E-state index in [1.165, 1.54) is 0 Å². The van der Waals surface area contributed by atoms with Gasteiger partial charge in [-0.15, -0.1) is 0 Å². The molecule has 0 aliphatic carbocycles. The number of benzene rings is 6. The van der Waals surface area contributed by atoms with E-state index >= 15 is 0 Å². The van der Waals surface area contributed by atoms with E-state index in [1.807, 2.05) is 0 Å². The van der Waals surface area contributed by atoms with E-state index in [4.69, 9.17) is 29.4 Å². The molecule has 0 aliphatic heterocycles. The topological polar surface area (TPSA) is 158 Å². The van der Waals surface area contributed by atoms with E-state index in [-0.39, 0.29) is 33.0 Å². The van der Waals surface area contributed by atoms with Gasteiger partial charge in [-0.1, -0.05) is 152 Å². The monoisotopic (exact) mass is 763 g/mol. The summed E-state index contributed by atoms with van der Waals surface area (Å²) in [5, 5.41) is 0. The van der Waals surface area contributed by atoms with Crippen LogP contribution in [0.1, 0.15) is 79.6 Å². The highest BCUT2D eigenvalue weighted by Crippen LogP contribution is 2.35. The highest BCUT2D eigenvalue weighted by molar-refractivity contribution is 6.22. The Morgan fingerprint density at radius 2 is 0.474 bits per heavy atom. The maximum atomic E-state index is 14.5. The molecular formula is C46H37NO10. The average molecular weight is 764 g/mol. The van der Waals surface area contributed by atoms with E-state index in [1.54, 1.807) is 152 Å². The van der Waals surface area contributed by atoms with Gasteiger partial charge in [0.1, 0.15) is 33.0 Å². The zero-order valence-electron chi connectivity index (χ0n) is 30.6. The van der Waals surface area contributed by atoms with Crippen LogP contribution < -0.4 is 5.73 Å². The summed E-state index contributed by atoms with van der Waals surface area (Å²) in [5.41, 5.74) is 5.16. The van der Waals surface area contributed by atoms with E-state index in [0.717, 1.165) is 0 Å². The molecule has 11 heteroatoms. The summed E-state index contributed by atoms with van der Waals surface area (Å²) < 4.78 is 28.3. The molecule has 0 aliphatic rings. The molecule has 0 heterocycles. The number of rotatable bonds is 15. The second-order valence-corrected chi connectivity index (χ2v) is 12.6. The smallest absolute Gasteiger partial charge is 0.341 e. The summed E-state index contributed by atoms with van der Waals surface area (Å²) in [4.78, 5) is 71.6. The van der Waals surface area contributed by atoms with Crippen LogP contribution in [0.3, 0.4) is 0 Å². The minimum Gasteiger partial charge on any atom is -0.457 e. The van der Waals surface area contributed by atoms with Gasteiger partial charge in [0.05, 0.1) is 33.5 Å². The first-order valence-electron chi connectivity index (χ1n) is 17.8. The van der Waals surface area contributed by atoms with Crippen molar-refractivity contribution >= 4 is 35.5 Å². The molecule has 57 heavy (non-hydrogen) atoms. The Balaban J connectivity index is 1.54. The number of hydrogen-bond donors (Lipinski definition) is 1. The third-order valence-corrected chi connectivity index (χ3v) is 8.62. The predicted octanol–water partition coefficient (Wildman–Crippen LogP) is 8.05. The Kier molecular flexibility index (Phi) is 13.2. The standard InChI is InChI=1S/C46H37NO10/c47-41-39(45(51)56-29-34-22-12-4-13-23-34)37(43(49)54-27-32-18-8-2-9-19-32)36(42(48)53-26-31-16-6-1-7-17-31)38(44(50)55-28-33-20-10-3-11-21-33)40(41)46(52)57-30-35-24-14-5-15-25-35/h1-25H,26-30,47H2. The summed E-state index contributed by atoms with van der Waals surface area (Å²) in [5.74, 6) is -6.11. The Morgan fingerprint density at radius 1 is 0.298 bits per heavy atom. The van der Waals surface area contributed by atoms with Crippen molar-refractivity contribution in [2.24, 2.45) is 0 Å². The molecule has 0 fully saturated rings. The molecule has 0 spiro atoms. The van der Waals surface area contributed by atoms with Crippen molar-refractivity contribution in [3.8, 4) is 0 Å². The maximum Gasteiger partial charge on any atom is 0.341 e. The number of ether oxygens (including phenoxy) is 5. The third kappa shape index (κ3) is 10.2. The third-order valence-electron chi connectivity index (χ3n) is 8.62. The highest BCUT2D eigenvalue weighted by Gasteiger charge is 2.40. The van der Waals surface area contributed by atoms with E-state index in [9.17, 15) is 24.0 Å². The quantitative estimate of drug-likeness (QED) is 0.0613. The normalized spacial score (nSPS) is 10.5. The minimum atomic E-state index is -1.26. The van der Waals surface area contributed by atoms with Crippen molar-refractivity contribution in [2.45, 2.75) is 33.0 Å². The molecule has 0 aromatic heterocycles. The predicted molar refractivity (Wildman–Crippen MR) is 209 cm³/mol. The lowest BCUT2D eigenvalue weighted by Crippen LogP contribution is -2.29. The second kappa shape index (κ2) is 19.2. The van der Waals surface area contributed by atoms with Gasteiger partial charge in [-0.2, -0.15) is 0 Å². The number of nitrogens with two attached hydrogens (primary N) is 1. The van der Waals surface area contributed by atoms with Crippen molar-refractivity contribution in [3.05, 3.63) is 207 Å². The molecule has 0 saturated carbocycles. The van der Waals surface area contributed by atoms with E-state index < -0.39 is 63.4 Å². The number of carbonyl (C=O) groups excluding carboxylic acids is 5. The number of hydrogen-bond acceptors (Lipinski definition) is 11. The van der Waals surface area contributed by atoms with Crippen LogP contribution in [0.15, 0.2) is 152 Å². The van der Waals surface area contributed by atoms with Gasteiger partial charge >= 0.3 is 29.8 Å². The maximum absolute atomic E-state index is 14.5. The minimum absolute atomic E-state index is 0.278. The molecule has 0 atom stereocenters. The summed E-state index contributed by atoms with van der Waals surface area (Å²) in [6.07, 6.45) is 0. The summed E-state index contributed by atoms with van der Waals surface area (Å²) in [7, 11) is 0. The molecule has 6 aromatic carbocycles. The number of carbonyl (C=O) groups is 5. The van der Waals surface area contributed by atoms with Crippen molar-refractivity contribution in [1.29, 1.82) is 0 Å². The molecule has 0 radical (unpaired) electrons. The van der Waals surface area contributed by atoms with Crippen molar-refractivity contribution in [2.75, 3.05) is 5.73 Å². The first kappa shape index (κ1) is 39.2. The van der Waals surface area contributed by atoms with Crippen molar-refractivity contribution in [1.82, 2.24) is 0 Å². The zero-order valence-corrected chi connectivity index (χ0v) is 30.6. The number of anilines is 1. The van der Waals surface area contributed by atoms with E-state index in [0.29, 0.717) is 27.8 Å². The van der Waals surface area contributed by atoms with Crippen LogP contribution in [0, 0.1) is 0 Å². The highest BCUT2D eigenvalue weighted by atomic mass is 16.6. The van der Waals surface area contributed by atoms with Crippen LogP contribution in [0.4, 0.5) is 5.69 Å². The largest absolute Gasteiger partial charge is 0.457 e. The molecule has 0 amide bonds. The molecule has 286 valence electrons. The van der Waals surface area contributed by atoms with Crippen LogP contribution in [-0.4, -0.2) is 29.8 Å². The first-order chi connectivity index (χ1) is 27.8. The van der Waals surface area contributed by atoms with Gasteiger partial charge in [0.25, 0.3) is 0 Å². The summed E-state index contributed by atoms with van der Waals surface area (Å²) in [6, 6.07) is 43.2. The Bertz CT molecular complexity index is 2200. The SMILES string of the molecule is Nc1c(C(=O)OCc2ccccc2)c(C(=O)OCc2ccccc2)c(C(=O)OCc2ccccc2)c(C(=O)OCc2ccccc2)c1C(=O)OCc1ccccc1. The molecule has 11 nitrogen and oxygen atoms in total. The molecule has 6 aromatic rings. The molecule has 0 saturated heterocycles. The fourth-order valence-corrected chi connectivity index (χ4v) is 5.78. The van der Waals surface area contributed by atoms with Gasteiger partial charge in [0.15, 0.2) is 0 Å². The van der Waals surface area contributed by atoms with Gasteiger partial charge in [0, 0.05) is 0 Å². The van der Waals surface area contributed by atoms with Crippen molar-refractivity contribution in [3.63, 3.8) is 0 Å². The van der Waals surface area contributed by atoms with Crippen LogP contribution in [0.2, 0.25) is 0 Å². The molecule has 0 bridgehead atoms. The Labute approximate surface area is 328 Å². The van der Waals surface area contributed by atoms with Gasteiger partial charge < -0.3 is 29.4 Å². The molecule has 6 rings (SSSR count). The Morgan fingerprint density at radius 3 is 0.684 bits per heavy atom. The fraction of sp³-hybridized carbons (Fsp3) is 0.109. The fourth-order valence-electron chi connectivity index (χ4n) is 5.78. The lowest BCUT2D eigenvalue weighted by molar-refractivity contribution is 0.0380. The number of nitrogen functional groups attached to an aromatic ring is 1. The molecular weight excluding hydrogens is 727 g/mol. The van der Waals surface area contributed by atoms with Crippen molar-refractivity contribution < 1.29 is 47.7 Å². The average Bonchev–Trinajstić information content (AvgIpc) is 3.26. The van der Waals surface area contributed by atoms with Crippen LogP contribution in [0.25, 0.3) is 0 Å². The van der Waals surface area contributed by atoms with Gasteiger partial charge in [-0.25, -0.2) is 24.0 Å². The zero-order chi connectivity index (χ0) is 40.0. The summed E-state index contributed by atoms with van der Waals surface area (Å²) in [6.45, 7) is -1.47. The van der Waals surface area contributed by atoms with Gasteiger partial charge in [-0.3, -0.25) is 0 Å². The van der Waals surface area contributed by atoms with Crippen LogP contribution in [0.5, 0.6) is 0 Å². The van der Waals surface area contributed by atoms with Gasteiger partial charge in [0.2, 0.25) is 0 Å². The Hall–Kier alpha value is -7.53. The van der Waals surface area contributed by atoms with Crippen LogP contribution >= 0.6 is 0 Å². The lowest BCUT2D eigenvalue weighted by atomic mass is 9.88. The molecule has 0 unspecified atom stereocenters. The first-order valence-corrected chi connectivity index (χ1v) is 17.8.